The van der Waals surface area contributed by atoms with E-state index in [1.54, 1.807) is 23.0 Å². The summed E-state index contributed by atoms with van der Waals surface area (Å²) in [5.74, 6) is -0.602. The SMILES string of the molecule is Cn1cc(-c2cc(Cl)c(C(=O)N3Cc4cccc([C@H]5CCOC5)c4C(=O)N3)c(Cl)c2)cn1. The highest BCUT2D eigenvalue weighted by atomic mass is 35.5. The third-order valence-corrected chi connectivity index (χ3v) is 6.48. The molecule has 2 aliphatic rings. The van der Waals surface area contributed by atoms with Gasteiger partial charge < -0.3 is 4.74 Å². The van der Waals surface area contributed by atoms with E-state index in [1.807, 2.05) is 31.4 Å². The van der Waals surface area contributed by atoms with Crippen LogP contribution in [0, 0.1) is 0 Å². The number of aromatic nitrogens is 2. The minimum Gasteiger partial charge on any atom is -0.381 e. The van der Waals surface area contributed by atoms with E-state index in [1.165, 1.54) is 5.01 Å². The molecule has 1 fully saturated rings. The Morgan fingerprint density at radius 2 is 2.00 bits per heavy atom. The Morgan fingerprint density at radius 1 is 1.22 bits per heavy atom. The summed E-state index contributed by atoms with van der Waals surface area (Å²) in [7, 11) is 1.81. The van der Waals surface area contributed by atoms with Crippen molar-refractivity contribution >= 4 is 35.0 Å². The van der Waals surface area contributed by atoms with Crippen LogP contribution in [0.25, 0.3) is 11.1 Å². The number of ether oxygens (including phenoxy) is 1. The zero-order chi connectivity index (χ0) is 22.4. The molecule has 0 saturated carbocycles. The molecule has 32 heavy (non-hydrogen) atoms. The van der Waals surface area contributed by atoms with Crippen LogP contribution < -0.4 is 5.43 Å². The van der Waals surface area contributed by atoms with Gasteiger partial charge in [0.25, 0.3) is 11.8 Å². The molecule has 3 aromatic rings. The lowest BCUT2D eigenvalue weighted by Crippen LogP contribution is -2.50. The lowest BCUT2D eigenvalue weighted by Gasteiger charge is -2.31. The Hall–Kier alpha value is -2.87. The first-order valence-corrected chi connectivity index (χ1v) is 11.0. The van der Waals surface area contributed by atoms with Crippen LogP contribution in [-0.2, 0) is 18.3 Å². The van der Waals surface area contributed by atoms with Gasteiger partial charge in [-0.2, -0.15) is 5.10 Å². The second-order valence-electron chi connectivity index (χ2n) is 7.99. The van der Waals surface area contributed by atoms with Gasteiger partial charge in [-0.15, -0.1) is 0 Å². The van der Waals surface area contributed by atoms with Crippen LogP contribution in [0.15, 0.2) is 42.7 Å². The van der Waals surface area contributed by atoms with Crippen LogP contribution in [0.4, 0.5) is 0 Å². The van der Waals surface area contributed by atoms with Gasteiger partial charge in [-0.3, -0.25) is 19.7 Å². The topological polar surface area (TPSA) is 76.5 Å². The molecule has 1 atom stereocenters. The number of carbonyl (C=O) groups excluding carboxylic acids is 2. The predicted octanol–water partition coefficient (Wildman–Crippen LogP) is 4.20. The molecule has 2 amide bonds. The number of aryl methyl sites for hydroxylation is 1. The molecule has 7 nitrogen and oxygen atoms in total. The molecule has 2 aliphatic heterocycles. The van der Waals surface area contributed by atoms with E-state index in [9.17, 15) is 9.59 Å². The second-order valence-corrected chi connectivity index (χ2v) is 8.81. The number of halogens is 2. The van der Waals surface area contributed by atoms with E-state index in [4.69, 9.17) is 27.9 Å². The number of hydrogen-bond donors (Lipinski definition) is 1. The van der Waals surface area contributed by atoms with E-state index in [2.05, 4.69) is 10.5 Å². The number of hydrogen-bond acceptors (Lipinski definition) is 4. The Balaban J connectivity index is 1.45. The number of nitrogens with one attached hydrogen (secondary N) is 1. The third-order valence-electron chi connectivity index (χ3n) is 5.88. The number of carbonyl (C=O) groups is 2. The van der Waals surface area contributed by atoms with Crippen molar-refractivity contribution in [1.82, 2.24) is 20.2 Å². The van der Waals surface area contributed by atoms with Crippen molar-refractivity contribution in [3.05, 3.63) is 75.0 Å². The van der Waals surface area contributed by atoms with Crippen LogP contribution in [0.3, 0.4) is 0 Å². The standard InChI is InChI=1S/C23H20Cl2N4O3/c1-28-10-16(9-26-28)15-7-18(24)21(19(25)8-15)23(31)29-11-13-3-2-4-17(14-5-6-32-12-14)20(13)22(30)27-29/h2-4,7-10,14H,5-6,11-12H2,1H3,(H,27,30)/t14-/m0/s1. The number of fused-ring (bicyclic) bond motifs is 1. The van der Waals surface area contributed by atoms with E-state index in [0.29, 0.717) is 18.8 Å². The monoisotopic (exact) mass is 470 g/mol. The average Bonchev–Trinajstić information content (AvgIpc) is 3.44. The zero-order valence-corrected chi connectivity index (χ0v) is 18.8. The summed E-state index contributed by atoms with van der Waals surface area (Å²) in [6.45, 7) is 1.51. The van der Waals surface area contributed by atoms with Gasteiger partial charge in [-0.05, 0) is 35.2 Å². The molecule has 164 valence electrons. The fraction of sp³-hybridized carbons (Fsp3) is 0.261. The Morgan fingerprint density at radius 3 is 2.66 bits per heavy atom. The maximum absolute atomic E-state index is 13.3. The highest BCUT2D eigenvalue weighted by Gasteiger charge is 2.33. The van der Waals surface area contributed by atoms with Crippen molar-refractivity contribution in [1.29, 1.82) is 0 Å². The summed E-state index contributed by atoms with van der Waals surface area (Å²) in [4.78, 5) is 26.3. The Labute approximate surface area is 194 Å². The van der Waals surface area contributed by atoms with E-state index in [-0.39, 0.29) is 34.0 Å². The average molecular weight is 471 g/mol. The van der Waals surface area contributed by atoms with Gasteiger partial charge >= 0.3 is 0 Å². The molecular formula is C23H20Cl2N4O3. The summed E-state index contributed by atoms with van der Waals surface area (Å²) in [6, 6.07) is 9.09. The molecule has 1 aromatic heterocycles. The normalized spacial score (nSPS) is 17.9. The highest BCUT2D eigenvalue weighted by molar-refractivity contribution is 6.40. The zero-order valence-electron chi connectivity index (χ0n) is 17.3. The first kappa shape index (κ1) is 21.0. The highest BCUT2D eigenvalue weighted by Crippen LogP contribution is 2.35. The van der Waals surface area contributed by atoms with Gasteiger partial charge in [0.05, 0.1) is 35.0 Å². The first-order chi connectivity index (χ1) is 15.4. The molecule has 0 radical (unpaired) electrons. The van der Waals surface area contributed by atoms with Gasteiger partial charge in [0, 0.05) is 36.9 Å². The minimum atomic E-state index is -0.466. The van der Waals surface area contributed by atoms with Crippen LogP contribution in [0.5, 0.6) is 0 Å². The summed E-state index contributed by atoms with van der Waals surface area (Å²) in [5, 5.41) is 5.82. The minimum absolute atomic E-state index is 0.144. The van der Waals surface area contributed by atoms with Crippen LogP contribution in [0.2, 0.25) is 10.0 Å². The van der Waals surface area contributed by atoms with Crippen LogP contribution >= 0.6 is 23.2 Å². The van der Waals surface area contributed by atoms with E-state index < -0.39 is 5.91 Å². The lowest BCUT2D eigenvalue weighted by atomic mass is 9.89. The van der Waals surface area contributed by atoms with Crippen molar-refractivity contribution < 1.29 is 14.3 Å². The van der Waals surface area contributed by atoms with Crippen molar-refractivity contribution in [2.75, 3.05) is 13.2 Å². The van der Waals surface area contributed by atoms with Crippen molar-refractivity contribution in [2.45, 2.75) is 18.9 Å². The van der Waals surface area contributed by atoms with Gasteiger partial charge in [0.2, 0.25) is 0 Å². The van der Waals surface area contributed by atoms with Gasteiger partial charge in [-0.25, -0.2) is 5.01 Å². The van der Waals surface area contributed by atoms with E-state index in [0.717, 1.165) is 28.7 Å². The summed E-state index contributed by atoms with van der Waals surface area (Å²) >= 11 is 12.9. The fourth-order valence-electron chi connectivity index (χ4n) is 4.31. The lowest BCUT2D eigenvalue weighted by molar-refractivity contribution is 0.0538. The molecule has 0 spiro atoms. The molecule has 5 rings (SSSR count). The molecule has 0 unspecified atom stereocenters. The molecule has 9 heteroatoms. The summed E-state index contributed by atoms with van der Waals surface area (Å²) in [5.41, 5.74) is 6.80. The summed E-state index contributed by atoms with van der Waals surface area (Å²) in [6.07, 6.45) is 4.40. The predicted molar refractivity (Wildman–Crippen MR) is 121 cm³/mol. The number of amides is 2. The summed E-state index contributed by atoms with van der Waals surface area (Å²) < 4.78 is 7.16. The van der Waals surface area contributed by atoms with Gasteiger partial charge in [-0.1, -0.05) is 41.4 Å². The van der Waals surface area contributed by atoms with Crippen molar-refractivity contribution in [2.24, 2.45) is 7.05 Å². The largest absolute Gasteiger partial charge is 0.381 e. The number of hydrazine groups is 1. The fourth-order valence-corrected chi connectivity index (χ4v) is 4.96. The van der Waals surface area contributed by atoms with Gasteiger partial charge in [0.15, 0.2) is 0 Å². The maximum Gasteiger partial charge on any atom is 0.275 e. The van der Waals surface area contributed by atoms with Crippen LogP contribution in [0.1, 0.15) is 44.2 Å². The van der Waals surface area contributed by atoms with Crippen LogP contribution in [-0.4, -0.2) is 39.8 Å². The molecule has 0 aliphatic carbocycles. The second kappa shape index (κ2) is 8.24. The molecule has 0 bridgehead atoms. The molecular weight excluding hydrogens is 451 g/mol. The molecule has 1 saturated heterocycles. The Kier molecular flexibility index (Phi) is 5.41. The third kappa shape index (κ3) is 3.66. The molecule has 3 heterocycles. The van der Waals surface area contributed by atoms with Crippen molar-refractivity contribution in [3.8, 4) is 11.1 Å². The quantitative estimate of drug-likeness (QED) is 0.622. The van der Waals surface area contributed by atoms with E-state index >= 15 is 0 Å². The van der Waals surface area contributed by atoms with Gasteiger partial charge in [0.1, 0.15) is 0 Å². The molecule has 1 N–H and O–H groups in total. The number of nitrogens with zero attached hydrogens (tertiary/aromatic N) is 3. The maximum atomic E-state index is 13.3. The van der Waals surface area contributed by atoms with Crippen molar-refractivity contribution in [3.63, 3.8) is 0 Å². The first-order valence-electron chi connectivity index (χ1n) is 10.2. The number of rotatable bonds is 3. The molecule has 2 aromatic carbocycles. The Bertz CT molecular complexity index is 1210. The smallest absolute Gasteiger partial charge is 0.275 e. The number of benzene rings is 2.